The molecule has 0 spiro atoms. The molecule has 0 aromatic heterocycles. The Balaban J connectivity index is 2.32. The third-order valence-electron chi connectivity index (χ3n) is 6.89. The SMILES string of the molecule is C=C(C)C1CCC2(C)C(C)CCC(C)C2(C)C1. The Kier molecular flexibility index (Phi) is 3.21. The smallest absolute Gasteiger partial charge is 0.0203 e. The van der Waals surface area contributed by atoms with Crippen LogP contribution in [-0.4, -0.2) is 0 Å². The Labute approximate surface area is 108 Å². The van der Waals surface area contributed by atoms with E-state index in [9.17, 15) is 0 Å². The van der Waals surface area contributed by atoms with Crippen molar-refractivity contribution in [3.8, 4) is 0 Å². The van der Waals surface area contributed by atoms with Crippen LogP contribution in [0.1, 0.15) is 66.7 Å². The molecule has 98 valence electrons. The van der Waals surface area contributed by atoms with Crippen LogP contribution >= 0.6 is 0 Å². The van der Waals surface area contributed by atoms with E-state index in [1.165, 1.54) is 37.7 Å². The van der Waals surface area contributed by atoms with Crippen LogP contribution in [0.25, 0.3) is 0 Å². The summed E-state index contributed by atoms with van der Waals surface area (Å²) >= 11 is 0. The van der Waals surface area contributed by atoms with Crippen molar-refractivity contribution < 1.29 is 0 Å². The van der Waals surface area contributed by atoms with Gasteiger partial charge in [-0.2, -0.15) is 0 Å². The fraction of sp³-hybridized carbons (Fsp3) is 0.882. The number of fused-ring (bicyclic) bond motifs is 1. The molecule has 5 atom stereocenters. The Bertz CT molecular complexity index is 316. The zero-order chi connectivity index (χ0) is 12.8. The van der Waals surface area contributed by atoms with Crippen molar-refractivity contribution in [2.45, 2.75) is 66.7 Å². The second-order valence-electron chi connectivity index (χ2n) is 7.50. The largest absolute Gasteiger partial charge is 0.0999 e. The van der Waals surface area contributed by atoms with Crippen LogP contribution in [0.5, 0.6) is 0 Å². The summed E-state index contributed by atoms with van der Waals surface area (Å²) in [6.45, 7) is 16.6. The Morgan fingerprint density at radius 2 is 1.53 bits per heavy atom. The molecule has 2 aliphatic carbocycles. The first-order valence-electron chi connectivity index (χ1n) is 7.46. The first-order valence-corrected chi connectivity index (χ1v) is 7.46. The van der Waals surface area contributed by atoms with Gasteiger partial charge in [-0.15, -0.1) is 0 Å². The fourth-order valence-electron chi connectivity index (χ4n) is 4.74. The molecule has 17 heavy (non-hydrogen) atoms. The molecule has 0 N–H and O–H groups in total. The molecule has 0 radical (unpaired) electrons. The van der Waals surface area contributed by atoms with E-state index < -0.39 is 0 Å². The highest BCUT2D eigenvalue weighted by Crippen LogP contribution is 2.64. The maximum Gasteiger partial charge on any atom is -0.0203 e. The average Bonchev–Trinajstić information content (AvgIpc) is 2.27. The second-order valence-corrected chi connectivity index (χ2v) is 7.50. The molecule has 2 saturated carbocycles. The predicted molar refractivity (Wildman–Crippen MR) is 75.9 cm³/mol. The van der Waals surface area contributed by atoms with Crippen LogP contribution < -0.4 is 0 Å². The zero-order valence-corrected chi connectivity index (χ0v) is 12.5. The standard InChI is InChI=1S/C17H30/c1-12(2)15-9-10-16(5)13(3)7-8-14(4)17(16,6)11-15/h13-15H,1,7-11H2,2-6H3. The van der Waals surface area contributed by atoms with Crippen LogP contribution in [0, 0.1) is 28.6 Å². The van der Waals surface area contributed by atoms with Gasteiger partial charge in [0, 0.05) is 0 Å². The van der Waals surface area contributed by atoms with Gasteiger partial charge in [-0.1, -0.05) is 39.8 Å². The normalized spacial score (nSPS) is 50.8. The van der Waals surface area contributed by atoms with Gasteiger partial charge in [0.25, 0.3) is 0 Å². The van der Waals surface area contributed by atoms with Crippen molar-refractivity contribution in [1.29, 1.82) is 0 Å². The second kappa shape index (κ2) is 4.14. The summed E-state index contributed by atoms with van der Waals surface area (Å²) in [6, 6.07) is 0. The van der Waals surface area contributed by atoms with E-state index >= 15 is 0 Å². The average molecular weight is 234 g/mol. The third-order valence-corrected chi connectivity index (χ3v) is 6.89. The highest BCUT2D eigenvalue weighted by Gasteiger charge is 2.55. The first kappa shape index (κ1) is 13.2. The third kappa shape index (κ3) is 1.79. The van der Waals surface area contributed by atoms with Crippen molar-refractivity contribution in [1.82, 2.24) is 0 Å². The lowest BCUT2D eigenvalue weighted by molar-refractivity contribution is -0.115. The maximum atomic E-state index is 4.21. The molecule has 0 aliphatic heterocycles. The van der Waals surface area contributed by atoms with E-state index in [2.05, 4.69) is 41.2 Å². The molecule has 2 fully saturated rings. The predicted octanol–water partition coefficient (Wildman–Crippen LogP) is 5.44. The summed E-state index contributed by atoms with van der Waals surface area (Å²) in [5, 5.41) is 0. The van der Waals surface area contributed by atoms with Crippen molar-refractivity contribution in [3.63, 3.8) is 0 Å². The molecular weight excluding hydrogens is 204 g/mol. The lowest BCUT2D eigenvalue weighted by Crippen LogP contribution is -2.53. The topological polar surface area (TPSA) is 0 Å². The fourth-order valence-corrected chi connectivity index (χ4v) is 4.74. The molecule has 0 nitrogen and oxygen atoms in total. The van der Waals surface area contributed by atoms with Crippen molar-refractivity contribution >= 4 is 0 Å². The molecule has 0 heteroatoms. The summed E-state index contributed by atoms with van der Waals surface area (Å²) < 4.78 is 0. The Hall–Kier alpha value is -0.260. The van der Waals surface area contributed by atoms with Crippen LogP contribution in [0.2, 0.25) is 0 Å². The molecule has 2 aliphatic rings. The van der Waals surface area contributed by atoms with Crippen molar-refractivity contribution in [3.05, 3.63) is 12.2 Å². The van der Waals surface area contributed by atoms with Gasteiger partial charge < -0.3 is 0 Å². The minimum atomic E-state index is 0.534. The van der Waals surface area contributed by atoms with Crippen LogP contribution in [-0.2, 0) is 0 Å². The van der Waals surface area contributed by atoms with E-state index in [4.69, 9.17) is 0 Å². The van der Waals surface area contributed by atoms with Gasteiger partial charge in [-0.05, 0) is 67.6 Å². The summed E-state index contributed by atoms with van der Waals surface area (Å²) in [5.74, 6) is 2.56. The van der Waals surface area contributed by atoms with Crippen molar-refractivity contribution in [2.75, 3.05) is 0 Å². The van der Waals surface area contributed by atoms with Gasteiger partial charge in [0.05, 0.1) is 0 Å². The van der Waals surface area contributed by atoms with Crippen LogP contribution in [0.15, 0.2) is 12.2 Å². The first-order chi connectivity index (χ1) is 7.81. The van der Waals surface area contributed by atoms with Gasteiger partial charge in [-0.3, -0.25) is 0 Å². The lowest BCUT2D eigenvalue weighted by atomic mass is 9.43. The van der Waals surface area contributed by atoms with Gasteiger partial charge in [0.15, 0.2) is 0 Å². The molecule has 0 aromatic rings. The molecule has 5 unspecified atom stereocenters. The van der Waals surface area contributed by atoms with Gasteiger partial charge in [0.2, 0.25) is 0 Å². The molecule has 0 saturated heterocycles. The Morgan fingerprint density at radius 3 is 2.06 bits per heavy atom. The summed E-state index contributed by atoms with van der Waals surface area (Å²) in [4.78, 5) is 0. The number of allylic oxidation sites excluding steroid dienone is 1. The van der Waals surface area contributed by atoms with Gasteiger partial charge >= 0.3 is 0 Å². The number of hydrogen-bond donors (Lipinski definition) is 0. The van der Waals surface area contributed by atoms with Crippen LogP contribution in [0.4, 0.5) is 0 Å². The molecule has 2 rings (SSSR count). The number of hydrogen-bond acceptors (Lipinski definition) is 0. The van der Waals surface area contributed by atoms with E-state index in [1.807, 2.05) is 0 Å². The van der Waals surface area contributed by atoms with E-state index in [1.54, 1.807) is 0 Å². The summed E-state index contributed by atoms with van der Waals surface area (Å²) in [5.41, 5.74) is 2.52. The Morgan fingerprint density at radius 1 is 1.00 bits per heavy atom. The monoisotopic (exact) mass is 234 g/mol. The lowest BCUT2D eigenvalue weighted by Gasteiger charge is -2.61. The highest BCUT2D eigenvalue weighted by atomic mass is 14.6. The summed E-state index contributed by atoms with van der Waals surface area (Å²) in [6.07, 6.45) is 7.02. The van der Waals surface area contributed by atoms with E-state index in [0.29, 0.717) is 10.8 Å². The maximum absolute atomic E-state index is 4.21. The highest BCUT2D eigenvalue weighted by molar-refractivity contribution is 5.10. The minimum absolute atomic E-state index is 0.534. The van der Waals surface area contributed by atoms with E-state index in [-0.39, 0.29) is 0 Å². The van der Waals surface area contributed by atoms with Crippen LogP contribution in [0.3, 0.4) is 0 Å². The zero-order valence-electron chi connectivity index (χ0n) is 12.5. The molecule has 0 bridgehead atoms. The summed E-state index contributed by atoms with van der Waals surface area (Å²) in [7, 11) is 0. The molecule has 0 amide bonds. The van der Waals surface area contributed by atoms with Gasteiger partial charge in [-0.25, -0.2) is 0 Å². The van der Waals surface area contributed by atoms with E-state index in [0.717, 1.165) is 17.8 Å². The molecule has 0 heterocycles. The number of rotatable bonds is 1. The quantitative estimate of drug-likeness (QED) is 0.530. The van der Waals surface area contributed by atoms with Gasteiger partial charge in [0.1, 0.15) is 0 Å². The molecule has 0 aromatic carbocycles. The molecular formula is C17H30. The van der Waals surface area contributed by atoms with Crippen molar-refractivity contribution in [2.24, 2.45) is 28.6 Å². The minimum Gasteiger partial charge on any atom is -0.0999 e.